The van der Waals surface area contributed by atoms with Crippen LogP contribution in [0.15, 0.2) is 78.4 Å². The number of aliphatic hydroxyl groups excluding tert-OH is 2. The molecule has 1 amide bonds. The number of benzene rings is 1. The molecule has 1 aliphatic carbocycles. The van der Waals surface area contributed by atoms with Gasteiger partial charge in [-0.3, -0.25) is 9.88 Å². The number of ether oxygens (including phenoxy) is 4. The lowest BCUT2D eigenvalue weighted by Gasteiger charge is -2.44. The third-order valence-electron chi connectivity index (χ3n) is 8.42. The molecular weight excluding hydrogens is 526 g/mol. The summed E-state index contributed by atoms with van der Waals surface area (Å²) in [6.45, 7) is 1.83. The predicted octanol–water partition coefficient (Wildman–Crippen LogP) is 4.14. The highest BCUT2D eigenvalue weighted by Crippen LogP contribution is 2.42. The van der Waals surface area contributed by atoms with Gasteiger partial charge in [-0.25, -0.2) is 9.69 Å². The summed E-state index contributed by atoms with van der Waals surface area (Å²) in [5.74, 6) is 1.44. The Morgan fingerprint density at radius 3 is 2.98 bits per heavy atom. The maximum absolute atomic E-state index is 13.2. The Labute approximate surface area is 238 Å². The molecule has 4 aliphatic rings. The molecule has 0 bridgehead atoms. The van der Waals surface area contributed by atoms with Gasteiger partial charge in [0, 0.05) is 50.2 Å². The highest BCUT2D eigenvalue weighted by Gasteiger charge is 2.54. The molecule has 2 fully saturated rings. The summed E-state index contributed by atoms with van der Waals surface area (Å²) in [7, 11) is 1.61. The number of allylic oxidation sites excluding steroid dienone is 4. The maximum atomic E-state index is 13.2. The predicted molar refractivity (Wildman–Crippen MR) is 150 cm³/mol. The van der Waals surface area contributed by atoms with E-state index in [1.807, 2.05) is 36.4 Å². The van der Waals surface area contributed by atoms with Crippen molar-refractivity contribution in [1.82, 2.24) is 14.8 Å². The van der Waals surface area contributed by atoms with E-state index in [2.05, 4.69) is 16.0 Å². The molecule has 0 saturated carbocycles. The number of methoxy groups -OCH3 is 1. The van der Waals surface area contributed by atoms with E-state index in [0.29, 0.717) is 56.4 Å². The SMILES string of the molecule is COc1ccc2nccc([C@H](O)CN3CC[C@@]4(CN(C5=COC=C(C6=CC=CCC6)O5)C(=O)O4)[C@@H](CCO)C3)c2c1. The highest BCUT2D eigenvalue weighted by atomic mass is 16.6. The van der Waals surface area contributed by atoms with E-state index >= 15 is 0 Å². The summed E-state index contributed by atoms with van der Waals surface area (Å²) in [6, 6.07) is 7.46. The topological polar surface area (TPSA) is 114 Å². The molecule has 1 aromatic heterocycles. The zero-order chi connectivity index (χ0) is 28.4. The van der Waals surface area contributed by atoms with Crippen molar-refractivity contribution in [1.29, 1.82) is 0 Å². The van der Waals surface area contributed by atoms with Crippen molar-refractivity contribution in [3.63, 3.8) is 0 Å². The summed E-state index contributed by atoms with van der Waals surface area (Å²) in [5.41, 5.74) is 1.79. The molecule has 3 atom stereocenters. The third kappa shape index (κ3) is 5.42. The van der Waals surface area contributed by atoms with Gasteiger partial charge in [0.05, 0.1) is 25.3 Å². The van der Waals surface area contributed by atoms with Gasteiger partial charge in [-0.15, -0.1) is 0 Å². The van der Waals surface area contributed by atoms with Crippen LogP contribution in [0.5, 0.6) is 5.75 Å². The number of β-amino-alcohol motifs (C(OH)–C–C–N with tert-alkyl or cyclic N) is 1. The zero-order valence-corrected chi connectivity index (χ0v) is 23.1. The van der Waals surface area contributed by atoms with Crippen molar-refractivity contribution in [2.24, 2.45) is 5.92 Å². The number of carbonyl (C=O) groups excluding carboxylic acids is 1. The van der Waals surface area contributed by atoms with Crippen LogP contribution in [0.25, 0.3) is 10.9 Å². The van der Waals surface area contributed by atoms with Gasteiger partial charge in [0.1, 0.15) is 17.6 Å². The van der Waals surface area contributed by atoms with Crippen molar-refractivity contribution < 1.29 is 34.0 Å². The summed E-state index contributed by atoms with van der Waals surface area (Å²) in [5, 5.41) is 22.1. The number of hydrogen-bond donors (Lipinski definition) is 2. The maximum Gasteiger partial charge on any atom is 0.417 e. The van der Waals surface area contributed by atoms with Crippen molar-refractivity contribution in [2.75, 3.05) is 39.9 Å². The molecule has 3 aliphatic heterocycles. The molecule has 216 valence electrons. The van der Waals surface area contributed by atoms with E-state index in [1.165, 1.54) is 11.2 Å². The largest absolute Gasteiger partial charge is 0.497 e. The van der Waals surface area contributed by atoms with Crippen LogP contribution in [0, 0.1) is 5.92 Å². The van der Waals surface area contributed by atoms with Crippen molar-refractivity contribution in [3.05, 3.63) is 84.0 Å². The van der Waals surface area contributed by atoms with E-state index in [-0.39, 0.29) is 12.5 Å². The van der Waals surface area contributed by atoms with E-state index in [4.69, 9.17) is 18.9 Å². The lowest BCUT2D eigenvalue weighted by Crippen LogP contribution is -2.55. The third-order valence-corrected chi connectivity index (χ3v) is 8.42. The van der Waals surface area contributed by atoms with Gasteiger partial charge in [0.15, 0.2) is 12.0 Å². The van der Waals surface area contributed by atoms with Crippen LogP contribution < -0.4 is 4.74 Å². The zero-order valence-electron chi connectivity index (χ0n) is 23.1. The minimum Gasteiger partial charge on any atom is -0.497 e. The van der Waals surface area contributed by atoms with Crippen LogP contribution in [-0.4, -0.2) is 76.6 Å². The van der Waals surface area contributed by atoms with Crippen LogP contribution in [0.1, 0.15) is 37.4 Å². The number of likely N-dealkylation sites (tertiary alicyclic amines) is 1. The standard InChI is InChI=1S/C31H35N3O7/c1-38-23-7-8-26-25(15-23)24(9-12-32-26)27(36)17-33-13-11-31(22(16-33)10-14-35)20-34(30(37)41-31)29-19-39-18-28(40-29)21-5-3-2-4-6-21/h2-3,5,7-9,12,15,18-19,22,27,35-36H,4,6,10-11,13-14,16-17,20H2,1H3/t22-,27+,31+/m0/s1. The normalized spacial score (nSPS) is 25.2. The van der Waals surface area contributed by atoms with Gasteiger partial charge >= 0.3 is 6.09 Å². The average molecular weight is 562 g/mol. The van der Waals surface area contributed by atoms with Crippen molar-refractivity contribution in [3.8, 4) is 5.75 Å². The minimum absolute atomic E-state index is 0.0357. The number of nitrogens with zero attached hydrogens (tertiary/aromatic N) is 3. The number of rotatable bonds is 8. The molecular formula is C31H35N3O7. The first-order valence-corrected chi connectivity index (χ1v) is 14.0. The van der Waals surface area contributed by atoms with Crippen LogP contribution in [0.3, 0.4) is 0 Å². The molecule has 41 heavy (non-hydrogen) atoms. The Hall–Kier alpha value is -3.86. The second kappa shape index (κ2) is 11.6. The number of fused-ring (bicyclic) bond motifs is 1. The monoisotopic (exact) mass is 561 g/mol. The summed E-state index contributed by atoms with van der Waals surface area (Å²) in [6.07, 6.45) is 12.2. The van der Waals surface area contributed by atoms with Gasteiger partial charge < -0.3 is 29.2 Å². The van der Waals surface area contributed by atoms with E-state index in [1.54, 1.807) is 19.6 Å². The molecule has 10 heteroatoms. The second-order valence-electron chi connectivity index (χ2n) is 10.9. The quantitative estimate of drug-likeness (QED) is 0.491. The molecule has 0 radical (unpaired) electrons. The van der Waals surface area contributed by atoms with Gasteiger partial charge in [-0.1, -0.05) is 18.2 Å². The molecule has 2 aromatic rings. The van der Waals surface area contributed by atoms with Gasteiger partial charge in [0.25, 0.3) is 0 Å². The van der Waals surface area contributed by atoms with Gasteiger partial charge in [0.2, 0.25) is 5.88 Å². The van der Waals surface area contributed by atoms with E-state index < -0.39 is 17.8 Å². The molecule has 4 heterocycles. The van der Waals surface area contributed by atoms with Crippen LogP contribution >= 0.6 is 0 Å². The first kappa shape index (κ1) is 27.3. The molecule has 10 nitrogen and oxygen atoms in total. The molecule has 1 spiro atoms. The Kier molecular flexibility index (Phi) is 7.70. The molecule has 2 N–H and O–H groups in total. The molecule has 2 saturated heterocycles. The Morgan fingerprint density at radius 2 is 2.17 bits per heavy atom. The van der Waals surface area contributed by atoms with Crippen LogP contribution in [-0.2, 0) is 14.2 Å². The number of carbonyl (C=O) groups is 1. The molecule has 0 unspecified atom stereocenters. The van der Waals surface area contributed by atoms with E-state index in [0.717, 1.165) is 34.9 Å². The number of amides is 1. The number of aromatic nitrogens is 1. The van der Waals surface area contributed by atoms with Crippen LogP contribution in [0.2, 0.25) is 0 Å². The Morgan fingerprint density at radius 1 is 1.27 bits per heavy atom. The fraction of sp³-hybridized carbons (Fsp3) is 0.419. The van der Waals surface area contributed by atoms with Crippen molar-refractivity contribution >= 4 is 17.0 Å². The summed E-state index contributed by atoms with van der Waals surface area (Å²) in [4.78, 5) is 21.2. The number of aliphatic hydroxyl groups is 2. The summed E-state index contributed by atoms with van der Waals surface area (Å²) >= 11 is 0. The van der Waals surface area contributed by atoms with Crippen molar-refractivity contribution in [2.45, 2.75) is 37.4 Å². The minimum atomic E-state index is -0.781. The van der Waals surface area contributed by atoms with Crippen LogP contribution in [0.4, 0.5) is 4.79 Å². The van der Waals surface area contributed by atoms with Gasteiger partial charge in [-0.2, -0.15) is 0 Å². The average Bonchev–Trinajstić information content (AvgIpc) is 3.35. The fourth-order valence-corrected chi connectivity index (χ4v) is 6.19. The first-order valence-electron chi connectivity index (χ1n) is 14.0. The summed E-state index contributed by atoms with van der Waals surface area (Å²) < 4.78 is 23.1. The molecule has 6 rings (SSSR count). The smallest absolute Gasteiger partial charge is 0.417 e. The van der Waals surface area contributed by atoms with Gasteiger partial charge in [-0.05, 0) is 54.7 Å². The second-order valence-corrected chi connectivity index (χ2v) is 10.9. The Bertz CT molecular complexity index is 1430. The first-order chi connectivity index (χ1) is 20.0. The fourth-order valence-electron chi connectivity index (χ4n) is 6.19. The lowest BCUT2D eigenvalue weighted by molar-refractivity contribution is -0.0631. The molecule has 1 aromatic carbocycles. The number of hydrogen-bond acceptors (Lipinski definition) is 9. The number of pyridine rings is 1. The van der Waals surface area contributed by atoms with E-state index in [9.17, 15) is 15.0 Å². The lowest BCUT2D eigenvalue weighted by atomic mass is 9.78. The number of piperidine rings is 1. The Balaban J connectivity index is 1.15. The highest BCUT2D eigenvalue weighted by molar-refractivity contribution is 5.83.